The van der Waals surface area contributed by atoms with Gasteiger partial charge in [-0.3, -0.25) is 4.79 Å². The molecule has 0 aliphatic heterocycles. The van der Waals surface area contributed by atoms with E-state index in [1.807, 2.05) is 13.8 Å². The first-order valence-corrected chi connectivity index (χ1v) is 5.89. The second-order valence-corrected chi connectivity index (χ2v) is 3.70. The third-order valence-electron chi connectivity index (χ3n) is 2.77. The highest BCUT2D eigenvalue weighted by atomic mass is 19.1. The minimum Gasteiger partial charge on any atom is -0.300 e. The number of halogens is 1. The maximum atomic E-state index is 13.3. The van der Waals surface area contributed by atoms with Gasteiger partial charge >= 0.3 is 0 Å². The minimum atomic E-state index is -0.383. The van der Waals surface area contributed by atoms with Crippen LogP contribution >= 0.6 is 0 Å². The molecule has 1 aliphatic carbocycles. The Balaban J connectivity index is 0.000000606. The molecule has 0 unspecified atom stereocenters. The zero-order valence-electron chi connectivity index (χ0n) is 9.87. The van der Waals surface area contributed by atoms with Gasteiger partial charge in [0.05, 0.1) is 0 Å². The number of hydrogen-bond donors (Lipinski definition) is 0. The van der Waals surface area contributed by atoms with Crippen LogP contribution in [0.1, 0.15) is 51.0 Å². The van der Waals surface area contributed by atoms with E-state index in [-0.39, 0.29) is 11.9 Å². The standard InChI is InChI=1S/C11H12FNO.C2H6/c12-11-10(2-1-7-13-11)8-3-5-9(14)6-4-8;1-2/h1-2,7-8H,3-6H2;1-2H3. The lowest BCUT2D eigenvalue weighted by atomic mass is 9.84. The molecule has 1 saturated carbocycles. The van der Waals surface area contributed by atoms with Gasteiger partial charge in [-0.2, -0.15) is 4.39 Å². The molecule has 1 heterocycles. The first-order chi connectivity index (χ1) is 7.77. The third kappa shape index (κ3) is 3.12. The average molecular weight is 223 g/mol. The molecule has 1 fully saturated rings. The quantitative estimate of drug-likeness (QED) is 0.682. The van der Waals surface area contributed by atoms with Crippen LogP contribution in [0.5, 0.6) is 0 Å². The van der Waals surface area contributed by atoms with Crippen LogP contribution in [-0.4, -0.2) is 10.8 Å². The Morgan fingerprint density at radius 2 is 1.94 bits per heavy atom. The number of rotatable bonds is 1. The largest absolute Gasteiger partial charge is 0.300 e. The molecule has 3 heteroatoms. The van der Waals surface area contributed by atoms with Crippen molar-refractivity contribution in [1.29, 1.82) is 0 Å². The van der Waals surface area contributed by atoms with Crippen molar-refractivity contribution >= 4 is 5.78 Å². The summed E-state index contributed by atoms with van der Waals surface area (Å²) in [5.41, 5.74) is 0.667. The van der Waals surface area contributed by atoms with E-state index >= 15 is 0 Å². The summed E-state index contributed by atoms with van der Waals surface area (Å²) in [6, 6.07) is 3.51. The van der Waals surface area contributed by atoms with Gasteiger partial charge < -0.3 is 0 Å². The molecule has 0 spiro atoms. The summed E-state index contributed by atoms with van der Waals surface area (Å²) in [6.45, 7) is 4.00. The molecule has 0 bridgehead atoms. The van der Waals surface area contributed by atoms with Crippen LogP contribution in [-0.2, 0) is 4.79 Å². The second kappa shape index (κ2) is 6.36. The summed E-state index contributed by atoms with van der Waals surface area (Å²) in [5, 5.41) is 0. The molecule has 0 saturated heterocycles. The van der Waals surface area contributed by atoms with E-state index < -0.39 is 0 Å². The average Bonchev–Trinajstić information content (AvgIpc) is 2.34. The highest BCUT2D eigenvalue weighted by Gasteiger charge is 2.22. The van der Waals surface area contributed by atoms with Crippen LogP contribution in [0.15, 0.2) is 18.3 Å². The maximum Gasteiger partial charge on any atom is 0.216 e. The first kappa shape index (κ1) is 12.8. The van der Waals surface area contributed by atoms with Crippen LogP contribution < -0.4 is 0 Å². The molecule has 0 amide bonds. The Hall–Kier alpha value is -1.25. The van der Waals surface area contributed by atoms with Crippen molar-refractivity contribution in [3.05, 3.63) is 29.8 Å². The fourth-order valence-corrected chi connectivity index (χ4v) is 1.95. The van der Waals surface area contributed by atoms with Crippen LogP contribution in [0.2, 0.25) is 0 Å². The summed E-state index contributed by atoms with van der Waals surface area (Å²) >= 11 is 0. The van der Waals surface area contributed by atoms with Crippen LogP contribution in [0, 0.1) is 5.95 Å². The van der Waals surface area contributed by atoms with Gasteiger partial charge in [-0.15, -0.1) is 0 Å². The zero-order chi connectivity index (χ0) is 12.0. The first-order valence-electron chi connectivity index (χ1n) is 5.89. The molecule has 0 N–H and O–H groups in total. The molecule has 88 valence electrons. The van der Waals surface area contributed by atoms with E-state index in [0.717, 1.165) is 12.8 Å². The van der Waals surface area contributed by atoms with Crippen LogP contribution in [0.4, 0.5) is 4.39 Å². The van der Waals surface area contributed by atoms with Crippen molar-refractivity contribution in [1.82, 2.24) is 4.98 Å². The number of hydrogen-bond acceptors (Lipinski definition) is 2. The Morgan fingerprint density at radius 3 is 2.50 bits per heavy atom. The van der Waals surface area contributed by atoms with Crippen molar-refractivity contribution in [2.24, 2.45) is 0 Å². The number of ketones is 1. The number of pyridine rings is 1. The Morgan fingerprint density at radius 1 is 1.31 bits per heavy atom. The predicted octanol–water partition coefficient (Wildman–Crippen LogP) is 3.47. The zero-order valence-corrected chi connectivity index (χ0v) is 9.87. The van der Waals surface area contributed by atoms with Crippen molar-refractivity contribution in [3.63, 3.8) is 0 Å². The summed E-state index contributed by atoms with van der Waals surface area (Å²) < 4.78 is 13.3. The van der Waals surface area contributed by atoms with Crippen molar-refractivity contribution in [3.8, 4) is 0 Å². The Kier molecular flexibility index (Phi) is 5.09. The molecule has 2 rings (SSSR count). The number of carbonyl (C=O) groups excluding carboxylic acids is 1. The molecule has 0 atom stereocenters. The molecular formula is C13H18FNO. The minimum absolute atomic E-state index is 0.182. The smallest absolute Gasteiger partial charge is 0.216 e. The molecule has 1 aliphatic rings. The molecule has 0 aromatic carbocycles. The molecule has 16 heavy (non-hydrogen) atoms. The number of nitrogens with zero attached hydrogens (tertiary/aromatic N) is 1. The number of carbonyl (C=O) groups is 1. The van der Waals surface area contributed by atoms with Crippen molar-refractivity contribution < 1.29 is 9.18 Å². The summed E-state index contributed by atoms with van der Waals surface area (Å²) in [7, 11) is 0. The van der Waals surface area contributed by atoms with Crippen LogP contribution in [0.3, 0.4) is 0 Å². The lowest BCUT2D eigenvalue weighted by molar-refractivity contribution is -0.120. The monoisotopic (exact) mass is 223 g/mol. The van der Waals surface area contributed by atoms with E-state index in [0.29, 0.717) is 24.2 Å². The van der Waals surface area contributed by atoms with Crippen molar-refractivity contribution in [2.45, 2.75) is 45.4 Å². The lowest BCUT2D eigenvalue weighted by Gasteiger charge is -2.20. The van der Waals surface area contributed by atoms with Crippen LogP contribution in [0.25, 0.3) is 0 Å². The number of aromatic nitrogens is 1. The van der Waals surface area contributed by atoms with Gasteiger partial charge in [0.15, 0.2) is 0 Å². The van der Waals surface area contributed by atoms with Gasteiger partial charge in [0.2, 0.25) is 5.95 Å². The van der Waals surface area contributed by atoms with Gasteiger partial charge in [-0.25, -0.2) is 4.98 Å². The Labute approximate surface area is 95.9 Å². The summed E-state index contributed by atoms with van der Waals surface area (Å²) in [5.74, 6) is 0.0961. The third-order valence-corrected chi connectivity index (χ3v) is 2.77. The second-order valence-electron chi connectivity index (χ2n) is 3.70. The highest BCUT2D eigenvalue weighted by molar-refractivity contribution is 5.79. The predicted molar refractivity (Wildman–Crippen MR) is 61.8 cm³/mol. The topological polar surface area (TPSA) is 30.0 Å². The summed E-state index contributed by atoms with van der Waals surface area (Å²) in [4.78, 5) is 14.6. The molecule has 0 radical (unpaired) electrons. The Bertz CT molecular complexity index is 342. The van der Waals surface area contributed by atoms with Gasteiger partial charge in [-0.05, 0) is 24.8 Å². The molecule has 1 aromatic rings. The van der Waals surface area contributed by atoms with E-state index in [9.17, 15) is 9.18 Å². The highest BCUT2D eigenvalue weighted by Crippen LogP contribution is 2.31. The van der Waals surface area contributed by atoms with E-state index in [1.54, 1.807) is 12.1 Å². The van der Waals surface area contributed by atoms with E-state index in [1.165, 1.54) is 6.20 Å². The maximum absolute atomic E-state index is 13.3. The van der Waals surface area contributed by atoms with Gasteiger partial charge in [0, 0.05) is 24.6 Å². The number of Topliss-reactive ketones (excluding diaryl/α,β-unsaturated/α-hetero) is 1. The SMILES string of the molecule is CC.O=C1CCC(c2cccnc2F)CC1. The van der Waals surface area contributed by atoms with E-state index in [4.69, 9.17) is 0 Å². The van der Waals surface area contributed by atoms with E-state index in [2.05, 4.69) is 4.98 Å². The molecule has 2 nitrogen and oxygen atoms in total. The fourth-order valence-electron chi connectivity index (χ4n) is 1.95. The fraction of sp³-hybridized carbons (Fsp3) is 0.538. The molecular weight excluding hydrogens is 205 g/mol. The van der Waals surface area contributed by atoms with Gasteiger partial charge in [0.25, 0.3) is 0 Å². The normalized spacial score (nSPS) is 16.6. The lowest BCUT2D eigenvalue weighted by Crippen LogP contribution is -2.13. The van der Waals surface area contributed by atoms with Gasteiger partial charge in [0.1, 0.15) is 5.78 Å². The van der Waals surface area contributed by atoms with Gasteiger partial charge in [-0.1, -0.05) is 19.9 Å². The summed E-state index contributed by atoms with van der Waals surface area (Å²) in [6.07, 6.45) is 4.15. The molecule has 1 aromatic heterocycles. The van der Waals surface area contributed by atoms with Crippen molar-refractivity contribution in [2.75, 3.05) is 0 Å².